The average molecular weight is 343 g/mol. The summed E-state index contributed by atoms with van der Waals surface area (Å²) in [5.74, 6) is -0.117. The topological polar surface area (TPSA) is 45.7 Å². The van der Waals surface area contributed by atoms with Crippen molar-refractivity contribution in [3.63, 3.8) is 0 Å². The molecule has 0 saturated carbocycles. The number of carbonyl (C=O) groups excluding carboxylic acids is 1. The van der Waals surface area contributed by atoms with Gasteiger partial charge in [-0.25, -0.2) is 4.39 Å². The largest absolute Gasteiger partial charge is 0.379 e. The summed E-state index contributed by atoms with van der Waals surface area (Å²) in [5.41, 5.74) is 1.93. The minimum atomic E-state index is -0.357. The van der Waals surface area contributed by atoms with E-state index in [1.54, 1.807) is 12.1 Å². The first-order chi connectivity index (χ1) is 12.0. The fourth-order valence-electron chi connectivity index (χ4n) is 3.99. The van der Waals surface area contributed by atoms with E-state index in [4.69, 9.17) is 4.74 Å². The average Bonchev–Trinajstić information content (AvgIpc) is 2.84. The zero-order valence-electron chi connectivity index (χ0n) is 14.5. The van der Waals surface area contributed by atoms with Gasteiger partial charge in [0.2, 0.25) is 0 Å². The summed E-state index contributed by atoms with van der Waals surface area (Å²) < 4.78 is 19.5. The van der Waals surface area contributed by atoms with E-state index in [0.717, 1.165) is 18.8 Å². The summed E-state index contributed by atoms with van der Waals surface area (Å²) in [6.07, 6.45) is 0. The van der Waals surface area contributed by atoms with Gasteiger partial charge >= 0.3 is 0 Å². The van der Waals surface area contributed by atoms with E-state index < -0.39 is 0 Å². The molecule has 2 aromatic rings. The second-order valence-electron chi connectivity index (χ2n) is 7.21. The molecule has 2 saturated heterocycles. The highest BCUT2D eigenvalue weighted by Gasteiger charge is 2.35. The van der Waals surface area contributed by atoms with Gasteiger partial charge < -0.3 is 14.5 Å². The molecule has 0 radical (unpaired) electrons. The molecule has 1 amide bonds. The quantitative estimate of drug-likeness (QED) is 0.795. The number of amides is 1. The lowest BCUT2D eigenvalue weighted by Crippen LogP contribution is -2.46. The molecule has 3 heterocycles. The van der Waals surface area contributed by atoms with Crippen molar-refractivity contribution in [2.45, 2.75) is 13.0 Å². The third-order valence-electron chi connectivity index (χ3n) is 5.04. The van der Waals surface area contributed by atoms with Crippen molar-refractivity contribution in [1.82, 2.24) is 14.8 Å². The van der Waals surface area contributed by atoms with Gasteiger partial charge in [-0.15, -0.1) is 0 Å². The Kier molecular flexibility index (Phi) is 4.17. The molecular weight excluding hydrogens is 321 g/mol. The first-order valence-electron chi connectivity index (χ1n) is 8.65. The van der Waals surface area contributed by atoms with Crippen LogP contribution in [0.4, 0.5) is 4.39 Å². The van der Waals surface area contributed by atoms with E-state index in [0.29, 0.717) is 42.1 Å². The highest BCUT2D eigenvalue weighted by atomic mass is 19.1. The van der Waals surface area contributed by atoms with Gasteiger partial charge in [-0.05, 0) is 38.2 Å². The Morgan fingerprint density at radius 1 is 1.24 bits per heavy atom. The zero-order valence-corrected chi connectivity index (χ0v) is 14.5. The molecule has 0 spiro atoms. The van der Waals surface area contributed by atoms with Crippen molar-refractivity contribution in [3.8, 4) is 0 Å². The molecule has 6 heteroatoms. The van der Waals surface area contributed by atoms with Crippen LogP contribution < -0.4 is 0 Å². The van der Waals surface area contributed by atoms with Gasteiger partial charge in [0, 0.05) is 36.6 Å². The Bertz CT molecular complexity index is 826. The number of nitrogens with zero attached hydrogens (tertiary/aromatic N) is 3. The van der Waals surface area contributed by atoms with Crippen LogP contribution in [0.1, 0.15) is 16.1 Å². The number of carbonyl (C=O) groups is 1. The zero-order chi connectivity index (χ0) is 17.6. The predicted molar refractivity (Wildman–Crippen MR) is 93.1 cm³/mol. The van der Waals surface area contributed by atoms with Crippen LogP contribution in [0.15, 0.2) is 24.3 Å². The number of fused-ring (bicyclic) bond motifs is 4. The molecule has 132 valence electrons. The second kappa shape index (κ2) is 6.35. The predicted octanol–water partition coefficient (Wildman–Crippen LogP) is 2.08. The molecule has 25 heavy (non-hydrogen) atoms. The number of aryl methyl sites for hydroxylation is 1. The molecule has 0 unspecified atom stereocenters. The minimum absolute atomic E-state index is 0.0158. The standard InChI is InChI=1S/C19H22FN3O2/c1-12-5-17(16-6-14(20)3-4-18(16)21-12)19(24)23-8-13-7-22(2)9-15(23)11-25-10-13/h3-6,13,15H,7-11H2,1-2H3/t13-,15-/m0/s1. The van der Waals surface area contributed by atoms with Crippen LogP contribution in [-0.2, 0) is 4.74 Å². The van der Waals surface area contributed by atoms with Gasteiger partial charge in [-0.1, -0.05) is 0 Å². The molecule has 0 aliphatic carbocycles. The molecule has 1 aromatic heterocycles. The summed E-state index contributed by atoms with van der Waals surface area (Å²) >= 11 is 0. The van der Waals surface area contributed by atoms with Gasteiger partial charge in [0.1, 0.15) is 5.82 Å². The summed E-state index contributed by atoms with van der Waals surface area (Å²) in [6.45, 7) is 5.46. The molecule has 2 aliphatic heterocycles. The van der Waals surface area contributed by atoms with Gasteiger partial charge in [-0.3, -0.25) is 9.78 Å². The third kappa shape index (κ3) is 3.12. The number of halogens is 1. The lowest BCUT2D eigenvalue weighted by atomic mass is 10.0. The summed E-state index contributed by atoms with van der Waals surface area (Å²) in [5, 5.41) is 0.573. The number of likely N-dealkylation sites (N-methyl/N-ethyl adjacent to an activating group) is 1. The Morgan fingerprint density at radius 3 is 2.92 bits per heavy atom. The fraction of sp³-hybridized carbons (Fsp3) is 0.474. The lowest BCUT2D eigenvalue weighted by Gasteiger charge is -2.30. The molecule has 2 bridgehead atoms. The Hall–Kier alpha value is -2.05. The van der Waals surface area contributed by atoms with Crippen molar-refractivity contribution in [3.05, 3.63) is 41.3 Å². The van der Waals surface area contributed by atoms with E-state index in [9.17, 15) is 9.18 Å². The van der Waals surface area contributed by atoms with Crippen LogP contribution >= 0.6 is 0 Å². The van der Waals surface area contributed by atoms with Gasteiger partial charge in [0.15, 0.2) is 0 Å². The van der Waals surface area contributed by atoms with E-state index in [1.807, 2.05) is 11.8 Å². The SMILES string of the molecule is Cc1cc(C(=O)N2C[C@H]3COC[C@@H]2CN(C)C3)c2cc(F)ccc2n1. The maximum atomic E-state index is 13.8. The van der Waals surface area contributed by atoms with Crippen LogP contribution in [0.3, 0.4) is 0 Å². The van der Waals surface area contributed by atoms with E-state index in [1.165, 1.54) is 12.1 Å². The van der Waals surface area contributed by atoms with Crippen LogP contribution in [-0.4, -0.2) is 66.6 Å². The van der Waals surface area contributed by atoms with E-state index in [-0.39, 0.29) is 17.8 Å². The monoisotopic (exact) mass is 343 g/mol. The van der Waals surface area contributed by atoms with Gasteiger partial charge in [0.05, 0.1) is 30.3 Å². The number of rotatable bonds is 1. The Morgan fingerprint density at radius 2 is 2.08 bits per heavy atom. The highest BCUT2D eigenvalue weighted by molar-refractivity contribution is 6.06. The van der Waals surface area contributed by atoms with E-state index in [2.05, 4.69) is 16.9 Å². The molecule has 4 rings (SSSR count). The van der Waals surface area contributed by atoms with Crippen LogP contribution in [0.2, 0.25) is 0 Å². The van der Waals surface area contributed by atoms with E-state index >= 15 is 0 Å². The first kappa shape index (κ1) is 16.4. The first-order valence-corrected chi connectivity index (χ1v) is 8.65. The molecule has 5 nitrogen and oxygen atoms in total. The van der Waals surface area contributed by atoms with Crippen molar-refractivity contribution < 1.29 is 13.9 Å². The summed E-state index contributed by atoms with van der Waals surface area (Å²) in [6, 6.07) is 6.20. The number of hydrogen-bond donors (Lipinski definition) is 0. The molecule has 2 atom stereocenters. The smallest absolute Gasteiger partial charge is 0.254 e. The number of ether oxygens (including phenoxy) is 1. The third-order valence-corrected chi connectivity index (χ3v) is 5.04. The maximum absolute atomic E-state index is 13.8. The number of aromatic nitrogens is 1. The fourth-order valence-corrected chi connectivity index (χ4v) is 3.99. The van der Waals surface area contributed by atoms with Crippen LogP contribution in [0.5, 0.6) is 0 Å². The molecule has 2 aliphatic rings. The van der Waals surface area contributed by atoms with Crippen LogP contribution in [0.25, 0.3) is 10.9 Å². The second-order valence-corrected chi connectivity index (χ2v) is 7.21. The lowest BCUT2D eigenvalue weighted by molar-refractivity contribution is 0.0484. The summed E-state index contributed by atoms with van der Waals surface area (Å²) in [7, 11) is 2.08. The molecule has 1 aromatic carbocycles. The molecule has 2 fully saturated rings. The van der Waals surface area contributed by atoms with Gasteiger partial charge in [-0.2, -0.15) is 0 Å². The van der Waals surface area contributed by atoms with Crippen molar-refractivity contribution in [2.24, 2.45) is 5.92 Å². The molecule has 0 N–H and O–H groups in total. The highest BCUT2D eigenvalue weighted by Crippen LogP contribution is 2.25. The maximum Gasteiger partial charge on any atom is 0.254 e. The normalized spacial score (nSPS) is 24.4. The number of pyridine rings is 1. The molecular formula is C19H22FN3O2. The van der Waals surface area contributed by atoms with Crippen molar-refractivity contribution in [2.75, 3.05) is 39.9 Å². The van der Waals surface area contributed by atoms with Crippen molar-refractivity contribution >= 4 is 16.8 Å². The minimum Gasteiger partial charge on any atom is -0.379 e. The Balaban J connectivity index is 1.78. The van der Waals surface area contributed by atoms with Gasteiger partial charge in [0.25, 0.3) is 5.91 Å². The van der Waals surface area contributed by atoms with Crippen LogP contribution in [0, 0.1) is 18.7 Å². The Labute approximate surface area is 146 Å². The number of hydrogen-bond acceptors (Lipinski definition) is 4. The number of benzene rings is 1. The summed E-state index contributed by atoms with van der Waals surface area (Å²) in [4.78, 5) is 22.0. The van der Waals surface area contributed by atoms with Crippen molar-refractivity contribution in [1.29, 1.82) is 0 Å².